The molecule has 2 rings (SSSR count). The summed E-state index contributed by atoms with van der Waals surface area (Å²) in [6.07, 6.45) is 3.55. The van der Waals surface area contributed by atoms with Gasteiger partial charge in [0.1, 0.15) is 6.61 Å². The fraction of sp³-hybridized carbons (Fsp3) is 0.588. The van der Waals surface area contributed by atoms with E-state index in [1.807, 2.05) is 30.3 Å². The lowest BCUT2D eigenvalue weighted by atomic mass is 9.86. The Morgan fingerprint density at radius 2 is 1.91 bits per heavy atom. The third kappa shape index (κ3) is 5.00. The summed E-state index contributed by atoms with van der Waals surface area (Å²) in [5.74, 6) is 0. The molecule has 1 saturated heterocycles. The van der Waals surface area contributed by atoms with Crippen molar-refractivity contribution in [2.24, 2.45) is 5.73 Å². The molecule has 22 heavy (non-hydrogen) atoms. The number of amides is 1. The molecule has 0 saturated carbocycles. The van der Waals surface area contributed by atoms with E-state index < -0.39 is 5.60 Å². The number of carbonyl (C=O) groups is 1. The van der Waals surface area contributed by atoms with E-state index in [2.05, 4.69) is 0 Å². The van der Waals surface area contributed by atoms with E-state index in [0.29, 0.717) is 32.5 Å². The maximum atomic E-state index is 12.0. The summed E-state index contributed by atoms with van der Waals surface area (Å²) in [5, 5.41) is 10.5. The summed E-state index contributed by atoms with van der Waals surface area (Å²) in [4.78, 5) is 13.7. The summed E-state index contributed by atoms with van der Waals surface area (Å²) in [7, 11) is 0. The molecule has 1 amide bonds. The monoisotopic (exact) mass is 306 g/mol. The molecule has 1 heterocycles. The highest BCUT2D eigenvalue weighted by Gasteiger charge is 2.33. The van der Waals surface area contributed by atoms with Crippen molar-refractivity contribution >= 4 is 6.09 Å². The first kappa shape index (κ1) is 16.8. The molecule has 1 fully saturated rings. The van der Waals surface area contributed by atoms with Crippen LogP contribution in [0.4, 0.5) is 4.79 Å². The minimum atomic E-state index is -0.647. The maximum absolute atomic E-state index is 12.0. The normalized spacial score (nSPS) is 17.3. The van der Waals surface area contributed by atoms with Crippen LogP contribution in [0.2, 0.25) is 0 Å². The number of likely N-dealkylation sites (tertiary alicyclic amines) is 1. The van der Waals surface area contributed by atoms with Crippen molar-refractivity contribution in [2.75, 3.05) is 19.6 Å². The Labute approximate surface area is 132 Å². The molecular formula is C17H26N2O3. The second kappa shape index (κ2) is 8.15. The molecule has 0 unspecified atom stereocenters. The van der Waals surface area contributed by atoms with Crippen LogP contribution in [0.3, 0.4) is 0 Å². The predicted octanol–water partition coefficient (Wildman–Crippen LogP) is 2.28. The molecule has 5 heteroatoms. The number of rotatable bonds is 6. The van der Waals surface area contributed by atoms with Crippen LogP contribution < -0.4 is 5.73 Å². The molecule has 1 aromatic rings. The van der Waals surface area contributed by atoms with E-state index >= 15 is 0 Å². The first-order valence-electron chi connectivity index (χ1n) is 8.01. The van der Waals surface area contributed by atoms with E-state index in [-0.39, 0.29) is 12.7 Å². The van der Waals surface area contributed by atoms with Crippen molar-refractivity contribution in [3.63, 3.8) is 0 Å². The number of piperidine rings is 1. The lowest BCUT2D eigenvalue weighted by Crippen LogP contribution is -2.46. The Morgan fingerprint density at radius 1 is 1.23 bits per heavy atom. The molecule has 0 atom stereocenters. The van der Waals surface area contributed by atoms with Crippen LogP contribution in [0.5, 0.6) is 0 Å². The van der Waals surface area contributed by atoms with Gasteiger partial charge < -0.3 is 20.5 Å². The lowest BCUT2D eigenvalue weighted by molar-refractivity contribution is -0.0284. The summed E-state index contributed by atoms with van der Waals surface area (Å²) < 4.78 is 5.32. The maximum Gasteiger partial charge on any atom is 0.410 e. The standard InChI is InChI=1S/C17H26N2O3/c18-11-5-4-8-17(21)9-12-19(13-10-17)16(20)22-14-15-6-2-1-3-7-15/h1-3,6-7,21H,4-5,8-14,18H2. The molecule has 1 aliphatic rings. The van der Waals surface area contributed by atoms with Gasteiger partial charge in [-0.3, -0.25) is 0 Å². The fourth-order valence-corrected chi connectivity index (χ4v) is 2.76. The van der Waals surface area contributed by atoms with E-state index in [0.717, 1.165) is 24.8 Å². The van der Waals surface area contributed by atoms with Gasteiger partial charge in [-0.25, -0.2) is 4.79 Å². The Bertz CT molecular complexity index is 456. The number of benzene rings is 1. The number of aliphatic hydroxyl groups is 1. The van der Waals surface area contributed by atoms with E-state index in [1.165, 1.54) is 0 Å². The molecule has 5 nitrogen and oxygen atoms in total. The highest BCUT2D eigenvalue weighted by molar-refractivity contribution is 5.67. The van der Waals surface area contributed by atoms with Gasteiger partial charge in [0.05, 0.1) is 5.60 Å². The molecule has 0 radical (unpaired) electrons. The van der Waals surface area contributed by atoms with Gasteiger partial charge >= 0.3 is 6.09 Å². The first-order valence-corrected chi connectivity index (χ1v) is 8.01. The third-order valence-electron chi connectivity index (χ3n) is 4.25. The van der Waals surface area contributed by atoms with Gasteiger partial charge in [-0.1, -0.05) is 30.3 Å². The number of carbonyl (C=O) groups excluding carboxylic acids is 1. The smallest absolute Gasteiger partial charge is 0.410 e. The molecule has 0 aliphatic carbocycles. The molecule has 122 valence electrons. The average molecular weight is 306 g/mol. The fourth-order valence-electron chi connectivity index (χ4n) is 2.76. The first-order chi connectivity index (χ1) is 10.6. The van der Waals surface area contributed by atoms with Crippen molar-refractivity contribution in [1.82, 2.24) is 4.90 Å². The summed E-state index contributed by atoms with van der Waals surface area (Å²) in [6.45, 7) is 2.05. The second-order valence-corrected chi connectivity index (χ2v) is 6.00. The number of nitrogens with zero attached hydrogens (tertiary/aromatic N) is 1. The average Bonchev–Trinajstić information content (AvgIpc) is 2.54. The van der Waals surface area contributed by atoms with Crippen LogP contribution in [-0.4, -0.2) is 41.3 Å². The van der Waals surface area contributed by atoms with Crippen molar-refractivity contribution in [3.05, 3.63) is 35.9 Å². The molecule has 1 aromatic carbocycles. The zero-order valence-electron chi connectivity index (χ0n) is 13.0. The molecular weight excluding hydrogens is 280 g/mol. The van der Waals surface area contributed by atoms with Crippen molar-refractivity contribution in [3.8, 4) is 0 Å². The summed E-state index contributed by atoms with van der Waals surface area (Å²) in [6, 6.07) is 9.64. The topological polar surface area (TPSA) is 75.8 Å². The Morgan fingerprint density at radius 3 is 2.55 bits per heavy atom. The van der Waals surface area contributed by atoms with Crippen molar-refractivity contribution in [1.29, 1.82) is 0 Å². The van der Waals surface area contributed by atoms with E-state index in [9.17, 15) is 9.90 Å². The largest absolute Gasteiger partial charge is 0.445 e. The van der Waals surface area contributed by atoms with Gasteiger partial charge in [0, 0.05) is 13.1 Å². The molecule has 1 aliphatic heterocycles. The van der Waals surface area contributed by atoms with Crippen LogP contribution in [0, 0.1) is 0 Å². The van der Waals surface area contributed by atoms with Crippen LogP contribution in [0.25, 0.3) is 0 Å². The molecule has 0 spiro atoms. The van der Waals surface area contributed by atoms with Gasteiger partial charge in [-0.2, -0.15) is 0 Å². The van der Waals surface area contributed by atoms with Crippen molar-refractivity contribution in [2.45, 2.75) is 44.3 Å². The molecule has 0 aromatic heterocycles. The zero-order valence-corrected chi connectivity index (χ0v) is 13.0. The van der Waals surface area contributed by atoms with Gasteiger partial charge in [0.2, 0.25) is 0 Å². The van der Waals surface area contributed by atoms with Gasteiger partial charge in [-0.15, -0.1) is 0 Å². The Hall–Kier alpha value is -1.59. The number of hydrogen-bond acceptors (Lipinski definition) is 4. The SMILES string of the molecule is NCCCCC1(O)CCN(C(=O)OCc2ccccc2)CC1. The third-order valence-corrected chi connectivity index (χ3v) is 4.25. The highest BCUT2D eigenvalue weighted by Crippen LogP contribution is 2.27. The van der Waals surface area contributed by atoms with Crippen LogP contribution in [0.15, 0.2) is 30.3 Å². The number of ether oxygens (including phenoxy) is 1. The minimum absolute atomic E-state index is 0.289. The highest BCUT2D eigenvalue weighted by atomic mass is 16.6. The van der Waals surface area contributed by atoms with Crippen LogP contribution in [0.1, 0.15) is 37.7 Å². The lowest BCUT2D eigenvalue weighted by Gasteiger charge is -2.37. The summed E-state index contributed by atoms with van der Waals surface area (Å²) >= 11 is 0. The number of unbranched alkanes of at least 4 members (excludes halogenated alkanes) is 1. The van der Waals surface area contributed by atoms with Crippen LogP contribution in [-0.2, 0) is 11.3 Å². The van der Waals surface area contributed by atoms with Gasteiger partial charge in [0.15, 0.2) is 0 Å². The van der Waals surface area contributed by atoms with Crippen LogP contribution >= 0.6 is 0 Å². The quantitative estimate of drug-likeness (QED) is 0.791. The van der Waals surface area contributed by atoms with Gasteiger partial charge in [0.25, 0.3) is 0 Å². The summed E-state index contributed by atoms with van der Waals surface area (Å²) in [5.41, 5.74) is 5.81. The van der Waals surface area contributed by atoms with E-state index in [4.69, 9.17) is 10.5 Å². The van der Waals surface area contributed by atoms with Crippen molar-refractivity contribution < 1.29 is 14.6 Å². The number of hydrogen-bond donors (Lipinski definition) is 2. The number of nitrogens with two attached hydrogens (primary N) is 1. The predicted molar refractivity (Wildman–Crippen MR) is 85.3 cm³/mol. The molecule has 3 N–H and O–H groups in total. The zero-order chi connectivity index (χ0) is 15.8. The van der Waals surface area contributed by atoms with E-state index in [1.54, 1.807) is 4.90 Å². The second-order valence-electron chi connectivity index (χ2n) is 6.00. The van der Waals surface area contributed by atoms with Gasteiger partial charge in [-0.05, 0) is 44.2 Å². The Kier molecular flexibility index (Phi) is 6.21. The Balaban J connectivity index is 1.72. The molecule has 0 bridgehead atoms. The minimum Gasteiger partial charge on any atom is -0.445 e.